The Balaban J connectivity index is 1.58. The average Bonchev–Trinajstić information content (AvgIpc) is 3.19. The summed E-state index contributed by atoms with van der Waals surface area (Å²) in [6.07, 6.45) is 8.84. The van der Waals surface area contributed by atoms with Crippen molar-refractivity contribution >= 4 is 5.91 Å². The molecule has 19 heavy (non-hydrogen) atoms. The van der Waals surface area contributed by atoms with Gasteiger partial charge >= 0.3 is 0 Å². The van der Waals surface area contributed by atoms with Gasteiger partial charge < -0.3 is 15.0 Å². The SMILES string of the molecule is CO[C@@H]1CCC[C@]12CCCN(C(=O)CNC1CC1)C2. The number of amides is 1. The standard InChI is InChI=1S/C15H26N2O2/c1-19-13-4-2-7-15(13)8-3-9-17(11-15)14(18)10-16-12-5-6-12/h12-13,16H,2-11H2,1H3/t13-,15-/m1/s1. The number of nitrogens with zero attached hydrogens (tertiary/aromatic N) is 1. The van der Waals surface area contributed by atoms with E-state index in [-0.39, 0.29) is 11.3 Å². The van der Waals surface area contributed by atoms with Crippen molar-refractivity contribution in [2.45, 2.75) is 57.1 Å². The predicted octanol–water partition coefficient (Wildman–Crippen LogP) is 1.55. The molecule has 4 nitrogen and oxygen atoms in total. The highest BCUT2D eigenvalue weighted by Crippen LogP contribution is 2.46. The first kappa shape index (κ1) is 13.4. The van der Waals surface area contributed by atoms with Gasteiger partial charge in [-0.25, -0.2) is 0 Å². The molecule has 108 valence electrons. The summed E-state index contributed by atoms with van der Waals surface area (Å²) in [6.45, 7) is 2.37. The van der Waals surface area contributed by atoms with Crippen LogP contribution in [0.25, 0.3) is 0 Å². The van der Waals surface area contributed by atoms with E-state index in [2.05, 4.69) is 10.2 Å². The Bertz CT molecular complexity index is 343. The number of likely N-dealkylation sites (tertiary alicyclic amines) is 1. The molecular formula is C15H26N2O2. The Morgan fingerprint density at radius 1 is 1.32 bits per heavy atom. The van der Waals surface area contributed by atoms with Crippen molar-refractivity contribution in [1.29, 1.82) is 0 Å². The van der Waals surface area contributed by atoms with Crippen LogP contribution in [0.1, 0.15) is 44.9 Å². The zero-order valence-electron chi connectivity index (χ0n) is 12.0. The summed E-state index contributed by atoms with van der Waals surface area (Å²) < 4.78 is 5.69. The number of nitrogens with one attached hydrogen (secondary N) is 1. The van der Waals surface area contributed by atoms with Gasteiger partial charge in [0.25, 0.3) is 0 Å². The smallest absolute Gasteiger partial charge is 0.236 e. The molecule has 2 aliphatic carbocycles. The normalized spacial score (nSPS) is 35.0. The number of ether oxygens (including phenoxy) is 1. The van der Waals surface area contributed by atoms with E-state index in [4.69, 9.17) is 4.74 Å². The van der Waals surface area contributed by atoms with Gasteiger partial charge in [0.1, 0.15) is 0 Å². The molecule has 0 aromatic carbocycles. The number of hydrogen-bond donors (Lipinski definition) is 1. The van der Waals surface area contributed by atoms with Crippen molar-refractivity contribution in [2.75, 3.05) is 26.7 Å². The monoisotopic (exact) mass is 266 g/mol. The van der Waals surface area contributed by atoms with Gasteiger partial charge in [-0.15, -0.1) is 0 Å². The van der Waals surface area contributed by atoms with Crippen LogP contribution in [0.5, 0.6) is 0 Å². The molecule has 0 aromatic rings. The quantitative estimate of drug-likeness (QED) is 0.839. The number of hydrogen-bond acceptors (Lipinski definition) is 3. The predicted molar refractivity (Wildman–Crippen MR) is 73.9 cm³/mol. The first-order chi connectivity index (χ1) is 9.23. The minimum Gasteiger partial charge on any atom is -0.381 e. The zero-order valence-corrected chi connectivity index (χ0v) is 12.0. The highest BCUT2D eigenvalue weighted by Gasteiger charge is 2.46. The van der Waals surface area contributed by atoms with Crippen molar-refractivity contribution < 1.29 is 9.53 Å². The molecule has 0 unspecified atom stereocenters. The second kappa shape index (κ2) is 5.41. The molecule has 0 radical (unpaired) electrons. The molecule has 3 aliphatic rings. The molecule has 1 heterocycles. The van der Waals surface area contributed by atoms with Gasteiger partial charge in [-0.3, -0.25) is 4.79 Å². The van der Waals surface area contributed by atoms with Crippen molar-refractivity contribution in [1.82, 2.24) is 10.2 Å². The summed E-state index contributed by atoms with van der Waals surface area (Å²) >= 11 is 0. The van der Waals surface area contributed by atoms with Gasteiger partial charge in [-0.1, -0.05) is 6.42 Å². The number of rotatable bonds is 4. The lowest BCUT2D eigenvalue weighted by atomic mass is 9.76. The van der Waals surface area contributed by atoms with Crippen molar-refractivity contribution in [3.05, 3.63) is 0 Å². The first-order valence-corrected chi connectivity index (χ1v) is 7.77. The van der Waals surface area contributed by atoms with E-state index in [1.807, 2.05) is 7.11 Å². The summed E-state index contributed by atoms with van der Waals surface area (Å²) in [7, 11) is 1.83. The Labute approximate surface area is 115 Å². The molecule has 1 aliphatic heterocycles. The van der Waals surface area contributed by atoms with Crippen molar-refractivity contribution in [2.24, 2.45) is 5.41 Å². The van der Waals surface area contributed by atoms with E-state index in [9.17, 15) is 4.79 Å². The summed E-state index contributed by atoms with van der Waals surface area (Å²) in [4.78, 5) is 14.4. The van der Waals surface area contributed by atoms with Gasteiger partial charge in [-0.2, -0.15) is 0 Å². The highest BCUT2D eigenvalue weighted by atomic mass is 16.5. The molecule has 4 heteroatoms. The molecule has 2 saturated carbocycles. The van der Waals surface area contributed by atoms with Crippen LogP contribution in [0.15, 0.2) is 0 Å². The summed E-state index contributed by atoms with van der Waals surface area (Å²) in [5.41, 5.74) is 0.252. The molecule has 0 aromatic heterocycles. The van der Waals surface area contributed by atoms with Crippen molar-refractivity contribution in [3.8, 4) is 0 Å². The number of methoxy groups -OCH3 is 1. The third-order valence-electron chi connectivity index (χ3n) is 5.19. The fraction of sp³-hybridized carbons (Fsp3) is 0.933. The highest BCUT2D eigenvalue weighted by molar-refractivity contribution is 5.78. The summed E-state index contributed by atoms with van der Waals surface area (Å²) in [5.74, 6) is 0.285. The first-order valence-electron chi connectivity index (χ1n) is 7.77. The molecular weight excluding hydrogens is 240 g/mol. The van der Waals surface area contributed by atoms with E-state index >= 15 is 0 Å². The second-order valence-corrected chi connectivity index (χ2v) is 6.55. The van der Waals surface area contributed by atoms with Crippen molar-refractivity contribution in [3.63, 3.8) is 0 Å². The summed E-state index contributed by atoms with van der Waals surface area (Å²) in [5, 5.41) is 3.34. The van der Waals surface area contributed by atoms with Crippen LogP contribution in [0.3, 0.4) is 0 Å². The molecule has 3 rings (SSSR count). The lowest BCUT2D eigenvalue weighted by molar-refractivity contribution is -0.136. The minimum absolute atomic E-state index is 0.252. The van der Waals surface area contributed by atoms with Gasteiger partial charge in [0.15, 0.2) is 0 Å². The molecule has 1 N–H and O–H groups in total. The van der Waals surface area contributed by atoms with Crippen LogP contribution < -0.4 is 5.32 Å². The molecule has 3 fully saturated rings. The molecule has 1 saturated heterocycles. The van der Waals surface area contributed by atoms with Gasteiger partial charge in [0.2, 0.25) is 5.91 Å². The van der Waals surface area contributed by atoms with Crippen LogP contribution in [0.2, 0.25) is 0 Å². The average molecular weight is 266 g/mol. The van der Waals surface area contributed by atoms with Gasteiger partial charge in [-0.05, 0) is 38.5 Å². The number of piperidine rings is 1. The Hall–Kier alpha value is -0.610. The Morgan fingerprint density at radius 2 is 2.11 bits per heavy atom. The van der Waals surface area contributed by atoms with Gasteiger partial charge in [0, 0.05) is 31.7 Å². The fourth-order valence-corrected chi connectivity index (χ4v) is 3.95. The summed E-state index contributed by atoms with van der Waals surface area (Å²) in [6, 6.07) is 0.612. The zero-order chi connectivity index (χ0) is 13.3. The maximum atomic E-state index is 12.3. The van der Waals surface area contributed by atoms with Crippen LogP contribution in [0, 0.1) is 5.41 Å². The topological polar surface area (TPSA) is 41.6 Å². The fourth-order valence-electron chi connectivity index (χ4n) is 3.95. The Kier molecular flexibility index (Phi) is 3.81. The maximum absolute atomic E-state index is 12.3. The molecule has 0 bridgehead atoms. The molecule has 1 spiro atoms. The number of carbonyl (C=O) groups is 1. The molecule has 1 amide bonds. The van der Waals surface area contributed by atoms with Crippen LogP contribution >= 0.6 is 0 Å². The number of carbonyl (C=O) groups excluding carboxylic acids is 1. The van der Waals surface area contributed by atoms with Crippen LogP contribution in [-0.4, -0.2) is 49.7 Å². The van der Waals surface area contributed by atoms with E-state index in [0.29, 0.717) is 18.7 Å². The second-order valence-electron chi connectivity index (χ2n) is 6.55. The molecule has 2 atom stereocenters. The van der Waals surface area contributed by atoms with E-state index in [1.165, 1.54) is 38.5 Å². The lowest BCUT2D eigenvalue weighted by Gasteiger charge is -2.43. The van der Waals surface area contributed by atoms with Crippen LogP contribution in [-0.2, 0) is 9.53 Å². The van der Waals surface area contributed by atoms with Crippen LogP contribution in [0.4, 0.5) is 0 Å². The maximum Gasteiger partial charge on any atom is 0.236 e. The third-order valence-corrected chi connectivity index (χ3v) is 5.19. The van der Waals surface area contributed by atoms with E-state index in [1.54, 1.807) is 0 Å². The minimum atomic E-state index is 0.252. The third kappa shape index (κ3) is 2.79. The van der Waals surface area contributed by atoms with E-state index in [0.717, 1.165) is 19.5 Å². The lowest BCUT2D eigenvalue weighted by Crippen LogP contribution is -2.51. The van der Waals surface area contributed by atoms with E-state index < -0.39 is 0 Å². The van der Waals surface area contributed by atoms with Gasteiger partial charge in [0.05, 0.1) is 12.6 Å². The Morgan fingerprint density at radius 3 is 2.84 bits per heavy atom. The largest absolute Gasteiger partial charge is 0.381 e.